The van der Waals surface area contributed by atoms with Crippen molar-refractivity contribution in [3.8, 4) is 11.1 Å². The summed E-state index contributed by atoms with van der Waals surface area (Å²) < 4.78 is 42.1. The molecule has 0 unspecified atom stereocenters. The van der Waals surface area contributed by atoms with Crippen LogP contribution in [0.25, 0.3) is 16.8 Å². The molecule has 0 bridgehead atoms. The van der Waals surface area contributed by atoms with Crippen LogP contribution in [0.3, 0.4) is 0 Å². The molecule has 32 heavy (non-hydrogen) atoms. The molecule has 2 heterocycles. The lowest BCUT2D eigenvalue weighted by Gasteiger charge is -2.15. The molecule has 0 atom stereocenters. The lowest BCUT2D eigenvalue weighted by molar-refractivity contribution is 0.602. The van der Waals surface area contributed by atoms with E-state index in [1.54, 1.807) is 31.2 Å². The molecule has 0 spiro atoms. The number of aryl methyl sites for hydroxylation is 1. The first-order valence-electron chi connectivity index (χ1n) is 9.91. The average molecular weight is 472 g/mol. The van der Waals surface area contributed by atoms with E-state index in [1.807, 2.05) is 36.7 Å². The van der Waals surface area contributed by atoms with E-state index in [9.17, 15) is 12.8 Å². The van der Waals surface area contributed by atoms with Crippen molar-refractivity contribution in [2.24, 2.45) is 0 Å². The number of nitrogens with zero attached hydrogens (tertiary/aromatic N) is 3. The predicted octanol–water partition coefficient (Wildman–Crippen LogP) is 4.80. The van der Waals surface area contributed by atoms with E-state index in [1.165, 1.54) is 23.9 Å². The van der Waals surface area contributed by atoms with E-state index >= 15 is 0 Å². The molecule has 0 aliphatic rings. The summed E-state index contributed by atoms with van der Waals surface area (Å²) in [4.78, 5) is 1.76. The van der Waals surface area contributed by atoms with Crippen molar-refractivity contribution in [1.82, 2.24) is 14.6 Å². The molecule has 2 aromatic heterocycles. The third-order valence-electron chi connectivity index (χ3n) is 4.93. The highest BCUT2D eigenvalue weighted by Crippen LogP contribution is 2.39. The van der Waals surface area contributed by atoms with Gasteiger partial charge in [-0.15, -0.1) is 10.2 Å². The van der Waals surface area contributed by atoms with Gasteiger partial charge in [-0.25, -0.2) is 12.8 Å². The number of nitrogens with one attached hydrogen (secondary N) is 2. The van der Waals surface area contributed by atoms with Gasteiger partial charge in [0, 0.05) is 34.3 Å². The largest absolute Gasteiger partial charge is 0.385 e. The quantitative estimate of drug-likeness (QED) is 0.403. The molecule has 2 N–H and O–H groups in total. The Labute approximate surface area is 190 Å². The van der Waals surface area contributed by atoms with Crippen LogP contribution in [0.2, 0.25) is 0 Å². The van der Waals surface area contributed by atoms with Crippen LogP contribution >= 0.6 is 11.8 Å². The molecule has 166 valence electrons. The van der Waals surface area contributed by atoms with Crippen LogP contribution in [0.1, 0.15) is 12.7 Å². The van der Waals surface area contributed by atoms with Gasteiger partial charge in [0.05, 0.1) is 11.4 Å². The lowest BCUT2D eigenvalue weighted by atomic mass is 10.1. The first-order chi connectivity index (χ1) is 15.3. The predicted molar refractivity (Wildman–Crippen MR) is 126 cm³/mol. The molecule has 0 radical (unpaired) electrons. The van der Waals surface area contributed by atoms with Gasteiger partial charge in [-0.05, 0) is 67.9 Å². The van der Waals surface area contributed by atoms with Gasteiger partial charge in [-0.3, -0.25) is 9.12 Å². The highest BCUT2D eigenvalue weighted by atomic mass is 32.2. The Hall–Kier alpha value is -3.11. The van der Waals surface area contributed by atoms with Crippen LogP contribution < -0.4 is 10.0 Å². The smallest absolute Gasteiger partial charge is 0.232 e. The van der Waals surface area contributed by atoms with Gasteiger partial charge in [0.1, 0.15) is 11.6 Å². The Kier molecular flexibility index (Phi) is 6.07. The number of fused-ring (bicyclic) bond motifs is 1. The van der Waals surface area contributed by atoms with Crippen molar-refractivity contribution in [2.45, 2.75) is 23.6 Å². The van der Waals surface area contributed by atoms with Crippen molar-refractivity contribution < 1.29 is 12.8 Å². The van der Waals surface area contributed by atoms with Gasteiger partial charge in [0.15, 0.2) is 5.65 Å². The third kappa shape index (κ3) is 4.56. The summed E-state index contributed by atoms with van der Waals surface area (Å²) in [6.45, 7) is 3.45. The van der Waals surface area contributed by atoms with Crippen molar-refractivity contribution in [2.75, 3.05) is 22.8 Å². The summed E-state index contributed by atoms with van der Waals surface area (Å²) in [5.74, 6) is 0.407. The van der Waals surface area contributed by atoms with Crippen LogP contribution in [-0.2, 0) is 10.0 Å². The fourth-order valence-corrected chi connectivity index (χ4v) is 4.80. The van der Waals surface area contributed by atoms with E-state index in [-0.39, 0.29) is 11.6 Å². The second-order valence-corrected chi connectivity index (χ2v) is 10.2. The molecule has 0 aliphatic carbocycles. The second-order valence-electron chi connectivity index (χ2n) is 7.11. The molecule has 0 aliphatic heterocycles. The van der Waals surface area contributed by atoms with E-state index in [0.29, 0.717) is 11.3 Å². The molecule has 10 heteroatoms. The lowest BCUT2D eigenvalue weighted by Crippen LogP contribution is -2.14. The van der Waals surface area contributed by atoms with Crippen molar-refractivity contribution >= 4 is 38.8 Å². The van der Waals surface area contributed by atoms with Crippen molar-refractivity contribution in [3.63, 3.8) is 0 Å². The number of benzene rings is 2. The van der Waals surface area contributed by atoms with Crippen LogP contribution in [0, 0.1) is 12.7 Å². The number of hydrogen-bond acceptors (Lipinski definition) is 6. The Balaban J connectivity index is 1.87. The van der Waals surface area contributed by atoms with E-state index in [2.05, 4.69) is 20.2 Å². The molecular formula is C22H22FN5O2S2. The van der Waals surface area contributed by atoms with E-state index < -0.39 is 10.0 Å². The molecule has 7 nitrogen and oxygen atoms in total. The number of aromatic nitrogens is 3. The topological polar surface area (TPSA) is 88.4 Å². The second kappa shape index (κ2) is 8.79. The number of halogens is 1. The van der Waals surface area contributed by atoms with E-state index in [4.69, 9.17) is 0 Å². The monoisotopic (exact) mass is 471 g/mol. The number of anilines is 2. The minimum Gasteiger partial charge on any atom is -0.385 e. The molecule has 2 aromatic carbocycles. The van der Waals surface area contributed by atoms with Crippen molar-refractivity contribution in [3.05, 3.63) is 66.4 Å². The summed E-state index contributed by atoms with van der Waals surface area (Å²) in [6, 6.07) is 13.6. The molecule has 0 amide bonds. The number of rotatable bonds is 7. The first kappa shape index (κ1) is 22.1. The zero-order valence-corrected chi connectivity index (χ0v) is 19.4. The van der Waals surface area contributed by atoms with Gasteiger partial charge in [0.25, 0.3) is 0 Å². The summed E-state index contributed by atoms with van der Waals surface area (Å²) >= 11 is 1.47. The minimum absolute atomic E-state index is 0.0236. The average Bonchev–Trinajstić information content (AvgIpc) is 3.16. The summed E-state index contributed by atoms with van der Waals surface area (Å²) in [7, 11) is -1.62. The molecule has 0 fully saturated rings. The Morgan fingerprint density at radius 3 is 2.53 bits per heavy atom. The molecule has 0 saturated carbocycles. The maximum absolute atomic E-state index is 13.4. The first-order valence-corrected chi connectivity index (χ1v) is 12.4. The summed E-state index contributed by atoms with van der Waals surface area (Å²) in [5, 5.41) is 11.5. The standard InChI is InChI=1S/C22H22FN5O2S2/c1-4-32(29,30)27-17-7-10-21(31-18-8-5-16(23)6-9-18)19(12-17)15-11-20(24-3)22-26-25-14(2)28(22)13-15/h5-13,24,27H,4H2,1-3H3. The Bertz CT molecular complexity index is 1390. The van der Waals surface area contributed by atoms with Gasteiger partial charge in [-0.2, -0.15) is 0 Å². The van der Waals surface area contributed by atoms with Crippen LogP contribution in [0.15, 0.2) is 64.5 Å². The fraction of sp³-hybridized carbons (Fsp3) is 0.182. The zero-order valence-electron chi connectivity index (χ0n) is 17.8. The highest BCUT2D eigenvalue weighted by molar-refractivity contribution is 7.99. The van der Waals surface area contributed by atoms with Gasteiger partial charge >= 0.3 is 0 Å². The number of hydrogen-bond donors (Lipinski definition) is 2. The molecule has 0 saturated heterocycles. The van der Waals surface area contributed by atoms with Gasteiger partial charge in [0.2, 0.25) is 10.0 Å². The van der Waals surface area contributed by atoms with Crippen LogP contribution in [0.5, 0.6) is 0 Å². The molecule has 4 rings (SSSR count). The zero-order chi connectivity index (χ0) is 22.9. The third-order valence-corrected chi connectivity index (χ3v) is 7.32. The fourth-order valence-electron chi connectivity index (χ4n) is 3.22. The number of sulfonamides is 1. The summed E-state index contributed by atoms with van der Waals surface area (Å²) in [6.07, 6.45) is 1.92. The minimum atomic E-state index is -3.43. The van der Waals surface area contributed by atoms with Crippen LogP contribution in [-0.4, -0.2) is 35.8 Å². The number of pyridine rings is 1. The molecular weight excluding hydrogens is 449 g/mol. The maximum Gasteiger partial charge on any atom is 0.232 e. The van der Waals surface area contributed by atoms with Gasteiger partial charge < -0.3 is 5.32 Å². The van der Waals surface area contributed by atoms with Crippen LogP contribution in [0.4, 0.5) is 15.8 Å². The van der Waals surface area contributed by atoms with E-state index in [0.717, 1.165) is 32.4 Å². The Morgan fingerprint density at radius 1 is 1.09 bits per heavy atom. The van der Waals surface area contributed by atoms with Gasteiger partial charge in [-0.1, -0.05) is 11.8 Å². The summed E-state index contributed by atoms with van der Waals surface area (Å²) in [5.41, 5.74) is 3.63. The van der Waals surface area contributed by atoms with Crippen molar-refractivity contribution in [1.29, 1.82) is 0 Å². The Morgan fingerprint density at radius 2 is 1.84 bits per heavy atom. The molecule has 4 aromatic rings. The maximum atomic E-state index is 13.4. The normalized spacial score (nSPS) is 11.6. The highest BCUT2D eigenvalue weighted by Gasteiger charge is 2.15. The SMILES string of the molecule is CCS(=O)(=O)Nc1ccc(Sc2ccc(F)cc2)c(-c2cc(NC)c3nnc(C)n3c2)c1.